The zero-order valence-electron chi connectivity index (χ0n) is 21.3. The number of aromatic nitrogens is 5. The van der Waals surface area contributed by atoms with Gasteiger partial charge in [-0.2, -0.15) is 5.10 Å². The molecule has 0 aliphatic heterocycles. The van der Waals surface area contributed by atoms with E-state index >= 15 is 0 Å². The number of halogens is 3. The lowest BCUT2D eigenvalue weighted by Crippen LogP contribution is -2.36. The van der Waals surface area contributed by atoms with E-state index in [0.29, 0.717) is 47.6 Å². The molecule has 6 rings (SSSR count). The predicted molar refractivity (Wildman–Crippen MR) is 138 cm³/mol. The van der Waals surface area contributed by atoms with Crippen LogP contribution < -0.4 is 16.0 Å². The number of fused-ring (bicyclic) bond motifs is 1. The van der Waals surface area contributed by atoms with E-state index in [4.69, 9.17) is 0 Å². The van der Waals surface area contributed by atoms with Crippen LogP contribution in [0.15, 0.2) is 12.4 Å². The molecule has 3 aromatic rings. The molecule has 0 spiro atoms. The largest absolute Gasteiger partial charge is 0.352 e. The minimum Gasteiger partial charge on any atom is -0.352 e. The maximum atomic E-state index is 13.4. The van der Waals surface area contributed by atoms with Gasteiger partial charge in [-0.3, -0.25) is 18.8 Å². The summed E-state index contributed by atoms with van der Waals surface area (Å²) in [4.78, 5) is 27.2. The average molecular weight is 563 g/mol. The molecule has 2 fully saturated rings. The summed E-state index contributed by atoms with van der Waals surface area (Å²) in [6.45, 7) is 0.594. The molecule has 39 heavy (non-hydrogen) atoms. The molecule has 2 saturated carbocycles. The minimum atomic E-state index is -2.69. The standard InChI is InChI=1S/C25H29F3N8O2S/c1-35-19(9-17(34-35)21(27)28)31-25-33-30-11-36(25)15-4-5-18-16(8-15)20(23(38)29-10-12-2-3-12)24(39-18)32-22(37)13-6-14(26)7-13/h9,11-15,21H,2-8,10H2,1H3,(H,29,38)(H,31,33)(H,32,37). The van der Waals surface area contributed by atoms with Crippen molar-refractivity contribution in [2.75, 3.05) is 17.2 Å². The molecule has 0 aromatic carbocycles. The van der Waals surface area contributed by atoms with Gasteiger partial charge >= 0.3 is 0 Å². The van der Waals surface area contributed by atoms with Gasteiger partial charge in [0.1, 0.15) is 29.0 Å². The van der Waals surface area contributed by atoms with Crippen LogP contribution in [0, 0.1) is 11.8 Å². The molecule has 2 amide bonds. The molecule has 3 heterocycles. The Morgan fingerprint density at radius 1 is 1.23 bits per heavy atom. The van der Waals surface area contributed by atoms with E-state index < -0.39 is 12.6 Å². The first kappa shape index (κ1) is 25.8. The molecular weight excluding hydrogens is 533 g/mol. The molecule has 1 unspecified atom stereocenters. The number of amides is 2. The molecule has 208 valence electrons. The lowest BCUT2D eigenvalue weighted by atomic mass is 9.83. The van der Waals surface area contributed by atoms with E-state index in [1.54, 1.807) is 13.4 Å². The number of nitrogens with zero attached hydrogens (tertiary/aromatic N) is 5. The van der Waals surface area contributed by atoms with Gasteiger partial charge in [0, 0.05) is 36.5 Å². The SMILES string of the molecule is Cn1nc(C(F)F)cc1Nc1nncn1C1CCc2sc(NC(=O)C3CC(F)C3)c(C(=O)NCC3CC3)c2C1. The Labute approximate surface area is 226 Å². The van der Waals surface area contributed by atoms with Gasteiger partial charge in [0.25, 0.3) is 12.3 Å². The smallest absolute Gasteiger partial charge is 0.282 e. The molecule has 0 saturated heterocycles. The number of rotatable bonds is 9. The first-order chi connectivity index (χ1) is 18.8. The van der Waals surface area contributed by atoms with Crippen molar-refractivity contribution in [1.82, 2.24) is 29.9 Å². The number of anilines is 3. The normalized spacial score (nSPS) is 22.3. The molecule has 3 N–H and O–H groups in total. The van der Waals surface area contributed by atoms with Crippen LogP contribution in [0.4, 0.5) is 29.9 Å². The van der Waals surface area contributed by atoms with Gasteiger partial charge in [-0.15, -0.1) is 21.5 Å². The molecule has 1 atom stereocenters. The predicted octanol–water partition coefficient (Wildman–Crippen LogP) is 4.31. The van der Waals surface area contributed by atoms with Gasteiger partial charge in [-0.1, -0.05) is 0 Å². The van der Waals surface area contributed by atoms with Crippen LogP contribution in [-0.4, -0.2) is 49.1 Å². The highest BCUT2D eigenvalue weighted by molar-refractivity contribution is 7.17. The first-order valence-corrected chi connectivity index (χ1v) is 13.9. The van der Waals surface area contributed by atoms with Crippen LogP contribution in [0.2, 0.25) is 0 Å². The Hall–Kier alpha value is -3.42. The fourth-order valence-corrected chi connectivity index (χ4v) is 6.43. The fourth-order valence-electron chi connectivity index (χ4n) is 5.18. The average Bonchev–Trinajstić information content (AvgIpc) is 3.30. The van der Waals surface area contributed by atoms with Crippen LogP contribution in [0.25, 0.3) is 0 Å². The number of carbonyl (C=O) groups excluding carboxylic acids is 2. The molecular formula is C25H29F3N8O2S. The van der Waals surface area contributed by atoms with E-state index in [2.05, 4.69) is 31.2 Å². The lowest BCUT2D eigenvalue weighted by Gasteiger charge is -2.28. The summed E-state index contributed by atoms with van der Waals surface area (Å²) in [6, 6.07) is 1.16. The van der Waals surface area contributed by atoms with Gasteiger partial charge in [0.2, 0.25) is 11.9 Å². The van der Waals surface area contributed by atoms with Gasteiger partial charge < -0.3 is 16.0 Å². The minimum absolute atomic E-state index is 0.107. The Morgan fingerprint density at radius 2 is 2.03 bits per heavy atom. The van der Waals surface area contributed by atoms with Crippen LogP contribution in [0.1, 0.15) is 71.1 Å². The van der Waals surface area contributed by atoms with Gasteiger partial charge in [0.15, 0.2) is 0 Å². The Morgan fingerprint density at radius 3 is 2.72 bits per heavy atom. The first-order valence-electron chi connectivity index (χ1n) is 13.1. The fraction of sp³-hybridized carbons (Fsp3) is 0.560. The van der Waals surface area contributed by atoms with Crippen molar-refractivity contribution in [3.05, 3.63) is 34.1 Å². The van der Waals surface area contributed by atoms with Crippen molar-refractivity contribution >= 4 is 39.9 Å². The van der Waals surface area contributed by atoms with Crippen molar-refractivity contribution in [2.24, 2.45) is 18.9 Å². The second-order valence-corrected chi connectivity index (χ2v) is 11.7. The van der Waals surface area contributed by atoms with Crippen LogP contribution in [-0.2, 0) is 24.7 Å². The molecule has 14 heteroatoms. The molecule has 0 radical (unpaired) electrons. The van der Waals surface area contributed by atoms with Crippen molar-refractivity contribution in [2.45, 2.75) is 63.6 Å². The molecule has 3 aliphatic carbocycles. The van der Waals surface area contributed by atoms with Crippen molar-refractivity contribution in [3.63, 3.8) is 0 Å². The highest BCUT2D eigenvalue weighted by Gasteiger charge is 2.37. The summed E-state index contributed by atoms with van der Waals surface area (Å²) >= 11 is 1.41. The van der Waals surface area contributed by atoms with Crippen molar-refractivity contribution < 1.29 is 22.8 Å². The Bertz CT molecular complexity index is 1390. The molecule has 3 aromatic heterocycles. The number of thiophene rings is 1. The number of hydrogen-bond donors (Lipinski definition) is 3. The third kappa shape index (κ3) is 5.25. The quantitative estimate of drug-likeness (QED) is 0.358. The van der Waals surface area contributed by atoms with Crippen molar-refractivity contribution in [1.29, 1.82) is 0 Å². The van der Waals surface area contributed by atoms with E-state index in [1.165, 1.54) is 22.1 Å². The van der Waals surface area contributed by atoms with Crippen LogP contribution in [0.5, 0.6) is 0 Å². The Balaban J connectivity index is 1.25. The number of nitrogens with one attached hydrogen (secondary N) is 3. The third-order valence-electron chi connectivity index (χ3n) is 7.73. The van der Waals surface area contributed by atoms with Crippen LogP contribution in [0.3, 0.4) is 0 Å². The second-order valence-electron chi connectivity index (χ2n) is 10.6. The van der Waals surface area contributed by atoms with Crippen molar-refractivity contribution in [3.8, 4) is 0 Å². The monoisotopic (exact) mass is 562 g/mol. The molecule has 10 nitrogen and oxygen atoms in total. The topological polar surface area (TPSA) is 119 Å². The summed E-state index contributed by atoms with van der Waals surface area (Å²) in [5.41, 5.74) is 1.00. The zero-order valence-corrected chi connectivity index (χ0v) is 22.1. The highest BCUT2D eigenvalue weighted by Crippen LogP contribution is 2.43. The lowest BCUT2D eigenvalue weighted by molar-refractivity contribution is -0.124. The van der Waals surface area contributed by atoms with E-state index in [0.717, 1.165) is 29.7 Å². The third-order valence-corrected chi connectivity index (χ3v) is 8.93. The van der Waals surface area contributed by atoms with Gasteiger partial charge in [-0.25, -0.2) is 13.2 Å². The number of aryl methyl sites for hydroxylation is 2. The zero-order chi connectivity index (χ0) is 27.3. The summed E-state index contributed by atoms with van der Waals surface area (Å²) in [5, 5.41) is 21.5. The Kier molecular flexibility index (Phi) is 6.81. The summed E-state index contributed by atoms with van der Waals surface area (Å²) in [7, 11) is 1.56. The number of carbonyl (C=O) groups is 2. The van der Waals surface area contributed by atoms with E-state index in [-0.39, 0.29) is 42.3 Å². The summed E-state index contributed by atoms with van der Waals surface area (Å²) < 4.78 is 42.7. The van der Waals surface area contributed by atoms with Gasteiger partial charge in [-0.05, 0) is 56.4 Å². The summed E-state index contributed by atoms with van der Waals surface area (Å²) in [6.07, 6.45) is 2.47. The van der Waals surface area contributed by atoms with Crippen LogP contribution >= 0.6 is 11.3 Å². The molecule has 0 bridgehead atoms. The maximum absolute atomic E-state index is 13.4. The second kappa shape index (κ2) is 10.3. The van der Waals surface area contributed by atoms with Gasteiger partial charge in [0.05, 0.1) is 5.56 Å². The van der Waals surface area contributed by atoms with E-state index in [1.807, 2.05) is 4.57 Å². The summed E-state index contributed by atoms with van der Waals surface area (Å²) in [5.74, 6) is 0.375. The van der Waals surface area contributed by atoms with E-state index in [9.17, 15) is 22.8 Å². The number of alkyl halides is 3. The molecule has 3 aliphatic rings. The maximum Gasteiger partial charge on any atom is 0.282 e. The highest BCUT2D eigenvalue weighted by atomic mass is 32.1. The number of hydrogen-bond acceptors (Lipinski definition) is 7.